The van der Waals surface area contributed by atoms with Gasteiger partial charge in [0.05, 0.1) is 18.3 Å². The first-order chi connectivity index (χ1) is 8.06. The number of rotatable bonds is 3. The van der Waals surface area contributed by atoms with Crippen LogP contribution in [0.4, 0.5) is 0 Å². The monoisotopic (exact) mass is 235 g/mol. The summed E-state index contributed by atoms with van der Waals surface area (Å²) < 4.78 is 6.84. The first kappa shape index (κ1) is 11.5. The molecule has 0 fully saturated rings. The van der Waals surface area contributed by atoms with Gasteiger partial charge in [-0.05, 0) is 12.1 Å². The molecular formula is C12H13NO4. The summed E-state index contributed by atoms with van der Waals surface area (Å²) in [6.45, 7) is 0. The number of methoxy groups -OCH3 is 1. The van der Waals surface area contributed by atoms with Crippen molar-refractivity contribution in [2.24, 2.45) is 7.05 Å². The minimum absolute atomic E-state index is 0.331. The lowest BCUT2D eigenvalue weighted by atomic mass is 10.2. The van der Waals surface area contributed by atoms with Gasteiger partial charge in [-0.3, -0.25) is 0 Å². The quantitative estimate of drug-likeness (QED) is 0.841. The molecule has 0 saturated heterocycles. The minimum atomic E-state index is -1.53. The zero-order valence-corrected chi connectivity index (χ0v) is 9.54. The number of hydrogen-bond donors (Lipinski definition) is 2. The molecule has 2 aromatic rings. The smallest absolute Gasteiger partial charge is 0.338 e. The Balaban J connectivity index is 2.69. The molecule has 1 aromatic carbocycles. The Labute approximate surface area is 97.9 Å². The molecule has 1 atom stereocenters. The molecule has 0 saturated carbocycles. The van der Waals surface area contributed by atoms with Crippen molar-refractivity contribution in [3.05, 3.63) is 30.0 Å². The summed E-state index contributed by atoms with van der Waals surface area (Å²) in [6, 6.07) is 7.10. The second kappa shape index (κ2) is 4.10. The maximum Gasteiger partial charge on any atom is 0.338 e. The van der Waals surface area contributed by atoms with Gasteiger partial charge >= 0.3 is 5.97 Å². The molecule has 5 nitrogen and oxygen atoms in total. The van der Waals surface area contributed by atoms with Crippen molar-refractivity contribution in [2.75, 3.05) is 7.11 Å². The number of aliphatic carboxylic acids is 1. The van der Waals surface area contributed by atoms with Gasteiger partial charge in [-0.15, -0.1) is 0 Å². The van der Waals surface area contributed by atoms with Crippen molar-refractivity contribution in [3.63, 3.8) is 0 Å². The van der Waals surface area contributed by atoms with Gasteiger partial charge in [0.15, 0.2) is 6.10 Å². The van der Waals surface area contributed by atoms with Crippen molar-refractivity contribution in [2.45, 2.75) is 6.10 Å². The van der Waals surface area contributed by atoms with E-state index in [1.807, 2.05) is 12.1 Å². The van der Waals surface area contributed by atoms with E-state index >= 15 is 0 Å². The van der Waals surface area contributed by atoms with Crippen LogP contribution in [0.5, 0.6) is 5.75 Å². The van der Waals surface area contributed by atoms with E-state index in [1.54, 1.807) is 30.9 Å². The summed E-state index contributed by atoms with van der Waals surface area (Å²) in [5, 5.41) is 19.2. The number of carboxylic acid groups (broad SMARTS) is 1. The molecule has 1 unspecified atom stereocenters. The van der Waals surface area contributed by atoms with E-state index in [2.05, 4.69) is 0 Å². The summed E-state index contributed by atoms with van der Waals surface area (Å²) >= 11 is 0. The lowest BCUT2D eigenvalue weighted by molar-refractivity contribution is -0.147. The Bertz CT molecular complexity index is 573. The molecule has 17 heavy (non-hydrogen) atoms. The van der Waals surface area contributed by atoms with E-state index < -0.39 is 12.1 Å². The SMILES string of the molecule is COc1cccc2cc(C(O)C(=O)O)n(C)c12. The number of carbonyl (C=O) groups is 1. The normalized spacial score (nSPS) is 12.6. The number of para-hydroxylation sites is 1. The highest BCUT2D eigenvalue weighted by Crippen LogP contribution is 2.30. The predicted octanol–water partition coefficient (Wildman–Crippen LogP) is 1.30. The van der Waals surface area contributed by atoms with Gasteiger partial charge < -0.3 is 19.5 Å². The molecule has 1 aromatic heterocycles. The van der Waals surface area contributed by atoms with Crippen LogP contribution in [0, 0.1) is 0 Å². The highest BCUT2D eigenvalue weighted by molar-refractivity contribution is 5.88. The van der Waals surface area contributed by atoms with E-state index in [4.69, 9.17) is 9.84 Å². The molecule has 5 heteroatoms. The number of aliphatic hydroxyl groups excluding tert-OH is 1. The minimum Gasteiger partial charge on any atom is -0.495 e. The van der Waals surface area contributed by atoms with Gasteiger partial charge in [0.1, 0.15) is 5.75 Å². The summed E-state index contributed by atoms with van der Waals surface area (Å²) in [5.41, 5.74) is 1.10. The number of ether oxygens (including phenoxy) is 1. The van der Waals surface area contributed by atoms with E-state index in [1.165, 1.54) is 0 Å². The molecule has 0 bridgehead atoms. The fourth-order valence-corrected chi connectivity index (χ4v) is 1.95. The highest BCUT2D eigenvalue weighted by Gasteiger charge is 2.21. The van der Waals surface area contributed by atoms with Gasteiger partial charge in [-0.25, -0.2) is 4.79 Å². The number of hydrogen-bond acceptors (Lipinski definition) is 3. The maximum absolute atomic E-state index is 10.8. The van der Waals surface area contributed by atoms with Crippen LogP contribution < -0.4 is 4.74 Å². The molecule has 0 aliphatic carbocycles. The maximum atomic E-state index is 10.8. The van der Waals surface area contributed by atoms with Crippen molar-refractivity contribution in [1.29, 1.82) is 0 Å². The molecule has 0 aliphatic heterocycles. The van der Waals surface area contributed by atoms with Crippen LogP contribution in [-0.2, 0) is 11.8 Å². The topological polar surface area (TPSA) is 71.7 Å². The van der Waals surface area contributed by atoms with Crippen LogP contribution in [-0.4, -0.2) is 27.9 Å². The Hall–Kier alpha value is -2.01. The molecule has 2 N–H and O–H groups in total. The van der Waals surface area contributed by atoms with Crippen LogP contribution in [0.2, 0.25) is 0 Å². The standard InChI is InChI=1S/C12H13NO4/c1-13-8(11(14)12(15)16)6-7-4-3-5-9(17-2)10(7)13/h3-6,11,14H,1-2H3,(H,15,16). The number of aromatic nitrogens is 1. The third-order valence-corrected chi connectivity index (χ3v) is 2.79. The number of aryl methyl sites for hydroxylation is 1. The third kappa shape index (κ3) is 1.74. The van der Waals surface area contributed by atoms with Crippen molar-refractivity contribution >= 4 is 16.9 Å². The van der Waals surface area contributed by atoms with Crippen LogP contribution in [0.15, 0.2) is 24.3 Å². The number of fused-ring (bicyclic) bond motifs is 1. The molecule has 0 amide bonds. The third-order valence-electron chi connectivity index (χ3n) is 2.79. The van der Waals surface area contributed by atoms with E-state index in [9.17, 15) is 9.90 Å². The predicted molar refractivity (Wildman–Crippen MR) is 62.1 cm³/mol. The van der Waals surface area contributed by atoms with Gasteiger partial charge in [-0.1, -0.05) is 12.1 Å². The lowest BCUT2D eigenvalue weighted by Gasteiger charge is -2.09. The first-order valence-electron chi connectivity index (χ1n) is 5.09. The van der Waals surface area contributed by atoms with E-state index in [-0.39, 0.29) is 0 Å². The largest absolute Gasteiger partial charge is 0.495 e. The Morgan fingerprint density at radius 2 is 2.18 bits per heavy atom. The lowest BCUT2D eigenvalue weighted by Crippen LogP contribution is -2.13. The molecule has 0 spiro atoms. The van der Waals surface area contributed by atoms with Crippen molar-refractivity contribution in [3.8, 4) is 5.75 Å². The van der Waals surface area contributed by atoms with Crippen LogP contribution in [0.25, 0.3) is 10.9 Å². The molecule has 2 rings (SSSR count). The van der Waals surface area contributed by atoms with Gasteiger partial charge in [0.2, 0.25) is 0 Å². The van der Waals surface area contributed by atoms with E-state index in [0.717, 1.165) is 10.9 Å². The summed E-state index contributed by atoms with van der Waals surface area (Å²) in [7, 11) is 3.25. The van der Waals surface area contributed by atoms with Crippen LogP contribution >= 0.6 is 0 Å². The van der Waals surface area contributed by atoms with Crippen LogP contribution in [0.1, 0.15) is 11.8 Å². The fourth-order valence-electron chi connectivity index (χ4n) is 1.95. The molecule has 0 radical (unpaired) electrons. The van der Waals surface area contributed by atoms with Gasteiger partial charge in [-0.2, -0.15) is 0 Å². The molecule has 0 aliphatic rings. The number of carboxylic acids is 1. The number of benzene rings is 1. The molecule has 90 valence electrons. The first-order valence-corrected chi connectivity index (χ1v) is 5.09. The number of aliphatic hydroxyl groups is 1. The molecule has 1 heterocycles. The molecular weight excluding hydrogens is 222 g/mol. The van der Waals surface area contributed by atoms with E-state index in [0.29, 0.717) is 11.4 Å². The Morgan fingerprint density at radius 1 is 1.47 bits per heavy atom. The second-order valence-electron chi connectivity index (χ2n) is 3.77. The summed E-state index contributed by atoms with van der Waals surface area (Å²) in [4.78, 5) is 10.8. The zero-order chi connectivity index (χ0) is 12.6. The summed E-state index contributed by atoms with van der Waals surface area (Å²) in [5.74, 6) is -0.622. The van der Waals surface area contributed by atoms with Gasteiger partial charge in [0.25, 0.3) is 0 Å². The van der Waals surface area contributed by atoms with Crippen molar-refractivity contribution in [1.82, 2.24) is 4.57 Å². The Morgan fingerprint density at radius 3 is 2.76 bits per heavy atom. The fraction of sp³-hybridized carbons (Fsp3) is 0.250. The van der Waals surface area contributed by atoms with Gasteiger partial charge in [0, 0.05) is 12.4 Å². The van der Waals surface area contributed by atoms with Crippen LogP contribution in [0.3, 0.4) is 0 Å². The highest BCUT2D eigenvalue weighted by atomic mass is 16.5. The zero-order valence-electron chi connectivity index (χ0n) is 9.54. The Kier molecular flexibility index (Phi) is 2.77. The summed E-state index contributed by atoms with van der Waals surface area (Å²) in [6.07, 6.45) is -1.53. The van der Waals surface area contributed by atoms with Crippen molar-refractivity contribution < 1.29 is 19.7 Å². The average Bonchev–Trinajstić information content (AvgIpc) is 2.65. The second-order valence-corrected chi connectivity index (χ2v) is 3.77. The average molecular weight is 235 g/mol. The number of nitrogens with zero attached hydrogens (tertiary/aromatic N) is 1.